The number of aromatic nitrogens is 1. The summed E-state index contributed by atoms with van der Waals surface area (Å²) in [7, 11) is 0. The molecule has 0 spiro atoms. The molecule has 0 radical (unpaired) electrons. The molecule has 4 nitrogen and oxygen atoms in total. The van der Waals surface area contributed by atoms with Crippen LogP contribution in [-0.2, 0) is 6.42 Å². The number of likely N-dealkylation sites (tertiary alicyclic amines) is 1. The van der Waals surface area contributed by atoms with E-state index in [-0.39, 0.29) is 42.7 Å². The Balaban J connectivity index is 0.00000144. The van der Waals surface area contributed by atoms with Crippen molar-refractivity contribution >= 4 is 42.1 Å². The van der Waals surface area contributed by atoms with Crippen molar-refractivity contribution in [1.82, 2.24) is 9.88 Å². The van der Waals surface area contributed by atoms with Crippen LogP contribution in [0.2, 0.25) is 0 Å². The van der Waals surface area contributed by atoms with Gasteiger partial charge < -0.3 is 10.6 Å². The molecule has 1 amide bonds. The Morgan fingerprint density at radius 1 is 1.29 bits per heavy atom. The fraction of sp³-hybridized carbons (Fsp3) is 0.412. The Kier molecular flexibility index (Phi) is 8.16. The molecule has 0 saturated carbocycles. The highest BCUT2D eigenvalue weighted by molar-refractivity contribution is 7.13. The molecular weight excluding hydrogens is 365 g/mol. The normalized spacial score (nSPS) is 19.5. The Morgan fingerprint density at radius 3 is 2.67 bits per heavy atom. The van der Waals surface area contributed by atoms with Crippen LogP contribution in [0, 0.1) is 0 Å². The van der Waals surface area contributed by atoms with Gasteiger partial charge in [-0.05, 0) is 18.4 Å². The third-order valence-electron chi connectivity index (χ3n) is 4.11. The molecule has 1 aliphatic heterocycles. The number of thiazole rings is 1. The van der Waals surface area contributed by atoms with Gasteiger partial charge in [-0.25, -0.2) is 4.98 Å². The summed E-state index contributed by atoms with van der Waals surface area (Å²) in [5.74, 6) is 0.280. The fourth-order valence-electron chi connectivity index (χ4n) is 2.94. The van der Waals surface area contributed by atoms with Gasteiger partial charge in [-0.3, -0.25) is 4.79 Å². The van der Waals surface area contributed by atoms with Crippen LogP contribution in [0.1, 0.15) is 39.5 Å². The molecule has 0 aliphatic carbocycles. The SMILES string of the molecule is CCCc1ncc(C(=O)N2C[C@@H](N)[C@H](c3ccccc3)C2)s1.Cl.Cl. The number of aryl methyl sites for hydroxylation is 1. The lowest BCUT2D eigenvalue weighted by molar-refractivity contribution is 0.0793. The third kappa shape index (κ3) is 4.48. The van der Waals surface area contributed by atoms with Crippen molar-refractivity contribution < 1.29 is 4.79 Å². The topological polar surface area (TPSA) is 59.2 Å². The van der Waals surface area contributed by atoms with Crippen molar-refractivity contribution in [3.63, 3.8) is 0 Å². The van der Waals surface area contributed by atoms with Crippen LogP contribution in [0.15, 0.2) is 36.5 Å². The first-order chi connectivity index (χ1) is 10.7. The monoisotopic (exact) mass is 387 g/mol. The predicted molar refractivity (Wildman–Crippen MR) is 104 cm³/mol. The van der Waals surface area contributed by atoms with Crippen LogP contribution in [0.4, 0.5) is 0 Å². The molecule has 2 atom stereocenters. The molecule has 132 valence electrons. The number of halogens is 2. The molecule has 7 heteroatoms. The van der Waals surface area contributed by atoms with Crippen LogP contribution in [0.5, 0.6) is 0 Å². The van der Waals surface area contributed by atoms with Gasteiger partial charge >= 0.3 is 0 Å². The maximum absolute atomic E-state index is 12.6. The van der Waals surface area contributed by atoms with E-state index in [1.54, 1.807) is 6.20 Å². The summed E-state index contributed by atoms with van der Waals surface area (Å²) in [5.41, 5.74) is 7.47. The Labute approximate surface area is 159 Å². The molecule has 1 saturated heterocycles. The lowest BCUT2D eigenvalue weighted by Gasteiger charge is -2.15. The van der Waals surface area contributed by atoms with Crippen molar-refractivity contribution in [1.29, 1.82) is 0 Å². The quantitative estimate of drug-likeness (QED) is 0.872. The van der Waals surface area contributed by atoms with E-state index < -0.39 is 0 Å². The van der Waals surface area contributed by atoms with Gasteiger partial charge in [-0.2, -0.15) is 0 Å². The number of hydrogen-bond donors (Lipinski definition) is 1. The van der Waals surface area contributed by atoms with E-state index in [9.17, 15) is 4.79 Å². The minimum Gasteiger partial charge on any atom is -0.336 e. The first kappa shape index (κ1) is 20.9. The van der Waals surface area contributed by atoms with E-state index >= 15 is 0 Å². The smallest absolute Gasteiger partial charge is 0.265 e. The van der Waals surface area contributed by atoms with Crippen molar-refractivity contribution in [3.8, 4) is 0 Å². The maximum atomic E-state index is 12.6. The largest absolute Gasteiger partial charge is 0.336 e. The van der Waals surface area contributed by atoms with E-state index in [1.165, 1.54) is 16.9 Å². The molecule has 1 fully saturated rings. The molecule has 2 N–H and O–H groups in total. The summed E-state index contributed by atoms with van der Waals surface area (Å²) < 4.78 is 0. The van der Waals surface area contributed by atoms with E-state index in [0.717, 1.165) is 22.7 Å². The molecule has 0 bridgehead atoms. The van der Waals surface area contributed by atoms with Crippen molar-refractivity contribution in [3.05, 3.63) is 52.0 Å². The first-order valence-electron chi connectivity index (χ1n) is 7.73. The summed E-state index contributed by atoms with van der Waals surface area (Å²) in [4.78, 5) is 19.6. The van der Waals surface area contributed by atoms with Gasteiger partial charge in [0, 0.05) is 25.0 Å². The Bertz CT molecular complexity index is 650. The zero-order chi connectivity index (χ0) is 15.5. The number of nitrogens with two attached hydrogens (primary N) is 1. The first-order valence-corrected chi connectivity index (χ1v) is 8.55. The van der Waals surface area contributed by atoms with Gasteiger partial charge in [-0.15, -0.1) is 36.2 Å². The summed E-state index contributed by atoms with van der Waals surface area (Å²) in [6, 6.07) is 10.2. The highest BCUT2D eigenvalue weighted by atomic mass is 35.5. The highest BCUT2D eigenvalue weighted by Gasteiger charge is 2.34. The van der Waals surface area contributed by atoms with Crippen LogP contribution in [0.3, 0.4) is 0 Å². The number of carbonyl (C=O) groups is 1. The molecule has 1 aliphatic rings. The average molecular weight is 388 g/mol. The molecule has 3 rings (SSSR count). The van der Waals surface area contributed by atoms with Gasteiger partial charge in [0.2, 0.25) is 0 Å². The summed E-state index contributed by atoms with van der Waals surface area (Å²) >= 11 is 1.51. The van der Waals surface area contributed by atoms with E-state index in [4.69, 9.17) is 5.73 Å². The van der Waals surface area contributed by atoms with Gasteiger partial charge in [0.05, 0.1) is 11.2 Å². The molecule has 1 aromatic heterocycles. The van der Waals surface area contributed by atoms with Gasteiger partial charge in [0.15, 0.2) is 0 Å². The second kappa shape index (κ2) is 9.37. The van der Waals surface area contributed by atoms with E-state index in [2.05, 4.69) is 24.0 Å². The van der Waals surface area contributed by atoms with Gasteiger partial charge in [0.25, 0.3) is 5.91 Å². The fourth-order valence-corrected chi connectivity index (χ4v) is 3.93. The standard InChI is InChI=1S/C17H21N3OS.2ClH/c1-2-6-16-19-9-15(22-16)17(21)20-10-13(14(18)11-20)12-7-4-3-5-8-12;;/h3-5,7-9,13-14H,2,6,10-11,18H2,1H3;2*1H/t13-,14+;;/m0../s1. The molecular formula is C17H23Cl2N3OS. The number of carbonyl (C=O) groups excluding carboxylic acids is 1. The minimum atomic E-state index is -0.00520. The average Bonchev–Trinajstić information content (AvgIpc) is 3.15. The van der Waals surface area contributed by atoms with E-state index in [0.29, 0.717) is 13.1 Å². The highest BCUT2D eigenvalue weighted by Crippen LogP contribution is 2.28. The number of hydrogen-bond acceptors (Lipinski definition) is 4. The lowest BCUT2D eigenvalue weighted by atomic mass is 9.95. The zero-order valence-corrected chi connectivity index (χ0v) is 16.0. The Hall–Kier alpha value is -1.14. The minimum absolute atomic E-state index is 0. The van der Waals surface area contributed by atoms with E-state index in [1.807, 2.05) is 23.1 Å². The summed E-state index contributed by atoms with van der Waals surface area (Å²) in [5, 5.41) is 1.04. The number of amides is 1. The molecule has 0 unspecified atom stereocenters. The van der Waals surface area contributed by atoms with Crippen LogP contribution >= 0.6 is 36.2 Å². The van der Waals surface area contributed by atoms with Crippen molar-refractivity contribution in [2.24, 2.45) is 5.73 Å². The summed E-state index contributed by atoms with van der Waals surface area (Å²) in [6.45, 7) is 3.41. The second-order valence-electron chi connectivity index (χ2n) is 5.76. The lowest BCUT2D eigenvalue weighted by Crippen LogP contribution is -2.31. The maximum Gasteiger partial charge on any atom is 0.265 e. The number of nitrogens with zero attached hydrogens (tertiary/aromatic N) is 2. The number of benzene rings is 1. The molecule has 2 aromatic rings. The van der Waals surface area contributed by atoms with Crippen LogP contribution in [0.25, 0.3) is 0 Å². The third-order valence-corrected chi connectivity index (χ3v) is 5.15. The molecule has 2 heterocycles. The molecule has 1 aromatic carbocycles. The van der Waals surface area contributed by atoms with Gasteiger partial charge in [0.1, 0.15) is 4.88 Å². The number of rotatable bonds is 4. The summed E-state index contributed by atoms with van der Waals surface area (Å²) in [6.07, 6.45) is 3.69. The van der Waals surface area contributed by atoms with Crippen LogP contribution in [-0.4, -0.2) is 34.9 Å². The predicted octanol–water partition coefficient (Wildman–Crippen LogP) is 3.51. The second-order valence-corrected chi connectivity index (χ2v) is 6.87. The zero-order valence-electron chi connectivity index (χ0n) is 13.6. The Morgan fingerprint density at radius 2 is 2.00 bits per heavy atom. The van der Waals surface area contributed by atoms with Crippen molar-refractivity contribution in [2.45, 2.75) is 31.7 Å². The van der Waals surface area contributed by atoms with Crippen molar-refractivity contribution in [2.75, 3.05) is 13.1 Å². The van der Waals surface area contributed by atoms with Crippen LogP contribution < -0.4 is 5.73 Å². The molecule has 24 heavy (non-hydrogen) atoms. The van der Waals surface area contributed by atoms with Gasteiger partial charge in [-0.1, -0.05) is 37.3 Å².